The van der Waals surface area contributed by atoms with E-state index in [0.717, 1.165) is 57.8 Å². The predicted octanol–water partition coefficient (Wildman–Crippen LogP) is 6.49. The van der Waals surface area contributed by atoms with Crippen LogP contribution in [0.15, 0.2) is 36.5 Å². The van der Waals surface area contributed by atoms with Crippen LogP contribution in [0.4, 0.5) is 0 Å². The number of amides is 1. The van der Waals surface area contributed by atoms with Gasteiger partial charge in [0.2, 0.25) is 5.91 Å². The highest BCUT2D eigenvalue weighted by Gasteiger charge is 2.53. The van der Waals surface area contributed by atoms with Crippen LogP contribution in [0, 0.1) is 0 Å². The van der Waals surface area contributed by atoms with Crippen molar-refractivity contribution in [3.63, 3.8) is 0 Å². The Kier molecular flexibility index (Phi) is 41.0. The van der Waals surface area contributed by atoms with Gasteiger partial charge in [-0.05, 0) is 51.4 Å². The number of aliphatic hydroxyl groups is 11. The molecule has 17 atom stereocenters. The minimum absolute atomic E-state index is 0.225. The number of rotatable bonds is 47. The summed E-state index contributed by atoms with van der Waals surface area (Å²) in [6.07, 6.45) is 22.9. The second-order valence-electron chi connectivity index (χ2n) is 22.9. The number of carbonyl (C=O) groups is 1. The first-order valence-electron chi connectivity index (χ1n) is 31.7. The van der Waals surface area contributed by atoms with Crippen LogP contribution in [-0.4, -0.2) is 193 Å². The van der Waals surface area contributed by atoms with Crippen LogP contribution in [0.3, 0.4) is 0 Å². The van der Waals surface area contributed by atoms with Gasteiger partial charge in [0.25, 0.3) is 0 Å². The van der Waals surface area contributed by atoms with E-state index in [0.29, 0.717) is 12.8 Å². The molecule has 12 N–H and O–H groups in total. The molecule has 0 aromatic rings. The van der Waals surface area contributed by atoms with Crippen molar-refractivity contribution in [3.05, 3.63) is 36.5 Å². The Morgan fingerprint density at radius 1 is 0.432 bits per heavy atom. The maximum absolute atomic E-state index is 13.3. The summed E-state index contributed by atoms with van der Waals surface area (Å²) in [5.41, 5.74) is 0. The molecule has 19 heteroatoms. The van der Waals surface area contributed by atoms with Gasteiger partial charge >= 0.3 is 0 Å². The molecule has 0 aromatic carbocycles. The van der Waals surface area contributed by atoms with Gasteiger partial charge in [0.15, 0.2) is 18.9 Å². The molecule has 0 aromatic heterocycles. The van der Waals surface area contributed by atoms with Crippen molar-refractivity contribution >= 4 is 5.91 Å². The largest absolute Gasteiger partial charge is 0.394 e. The summed E-state index contributed by atoms with van der Waals surface area (Å²) in [5, 5.41) is 120. The van der Waals surface area contributed by atoms with Crippen LogP contribution in [0.25, 0.3) is 0 Å². The molecule has 474 valence electrons. The quantitative estimate of drug-likeness (QED) is 0.0229. The topological polar surface area (TPSA) is 307 Å². The average molecular weight is 1160 g/mol. The number of ether oxygens (including phenoxy) is 6. The molecular weight excluding hydrogens is 1050 g/mol. The van der Waals surface area contributed by atoms with Crippen LogP contribution in [0.1, 0.15) is 219 Å². The van der Waals surface area contributed by atoms with Crippen LogP contribution < -0.4 is 5.32 Å². The lowest BCUT2D eigenvalue weighted by Gasteiger charge is -2.48. The highest BCUT2D eigenvalue weighted by atomic mass is 16.8. The Bertz CT molecular complexity index is 1620. The highest BCUT2D eigenvalue weighted by molar-refractivity contribution is 5.76. The lowest BCUT2D eigenvalue weighted by atomic mass is 9.96. The van der Waals surface area contributed by atoms with Gasteiger partial charge in [0, 0.05) is 6.42 Å². The predicted molar refractivity (Wildman–Crippen MR) is 309 cm³/mol. The molecule has 0 aliphatic carbocycles. The third-order valence-corrected chi connectivity index (χ3v) is 15.9. The minimum atomic E-state index is -1.98. The van der Waals surface area contributed by atoms with Crippen molar-refractivity contribution in [2.75, 3.05) is 26.4 Å². The van der Waals surface area contributed by atoms with Gasteiger partial charge in [-0.2, -0.15) is 0 Å². The zero-order chi connectivity index (χ0) is 59.0. The Hall–Kier alpha value is -1.99. The van der Waals surface area contributed by atoms with E-state index in [2.05, 4.69) is 43.5 Å². The summed E-state index contributed by atoms with van der Waals surface area (Å²) in [7, 11) is 0. The van der Waals surface area contributed by atoms with Gasteiger partial charge in [-0.1, -0.05) is 198 Å². The number of allylic oxidation sites excluding steroid dienone is 5. The molecule has 3 fully saturated rings. The molecule has 3 aliphatic heterocycles. The standard InChI is InChI=1S/C62H113NO18/c1-3-5-7-9-11-13-15-16-17-18-19-20-21-22-23-24-25-26-27-28-30-31-33-35-37-39-46(67)45(63-50(68)40-38-36-34-32-29-14-12-10-8-6-4-2)44-76-60-56(74)53(71)58(48(42-65)78-60)81-62-57(75)54(72)59(49(43-66)79-62)80-61-55(73)52(70)51(69)47(41-64)77-61/h10,12,30-31,37,39,45-49,51-62,64-67,69-75H,3-9,11,13-29,32-36,38,40-44H2,1-2H3,(H,63,68)/b12-10-,31-30+,39-37+. The summed E-state index contributed by atoms with van der Waals surface area (Å²) in [4.78, 5) is 13.3. The van der Waals surface area contributed by atoms with Gasteiger partial charge < -0.3 is 89.9 Å². The highest BCUT2D eigenvalue weighted by Crippen LogP contribution is 2.33. The Labute approximate surface area is 485 Å². The molecule has 0 saturated carbocycles. The second kappa shape index (κ2) is 45.3. The van der Waals surface area contributed by atoms with Gasteiger partial charge in [-0.15, -0.1) is 0 Å². The number of hydrogen-bond donors (Lipinski definition) is 12. The average Bonchev–Trinajstić information content (AvgIpc) is 3.48. The lowest BCUT2D eigenvalue weighted by Crippen LogP contribution is -2.66. The van der Waals surface area contributed by atoms with Crippen LogP contribution >= 0.6 is 0 Å². The molecule has 0 radical (unpaired) electrons. The molecule has 17 unspecified atom stereocenters. The fraction of sp³-hybridized carbons (Fsp3) is 0.887. The first kappa shape index (κ1) is 73.3. The normalized spacial score (nSPS) is 30.0. The van der Waals surface area contributed by atoms with E-state index in [1.54, 1.807) is 6.08 Å². The third kappa shape index (κ3) is 28.8. The smallest absolute Gasteiger partial charge is 0.220 e. The summed E-state index contributed by atoms with van der Waals surface area (Å²) in [6, 6.07) is -0.992. The number of unbranched alkanes of at least 4 members (excludes halogenated alkanes) is 27. The number of carbonyl (C=O) groups excluding carboxylic acids is 1. The summed E-state index contributed by atoms with van der Waals surface area (Å²) >= 11 is 0. The van der Waals surface area contributed by atoms with E-state index in [-0.39, 0.29) is 18.9 Å². The Morgan fingerprint density at radius 2 is 0.802 bits per heavy atom. The minimum Gasteiger partial charge on any atom is -0.394 e. The van der Waals surface area contributed by atoms with Crippen molar-refractivity contribution < 1.29 is 89.4 Å². The zero-order valence-corrected chi connectivity index (χ0v) is 49.5. The fourth-order valence-electron chi connectivity index (χ4n) is 10.7. The number of hydrogen-bond acceptors (Lipinski definition) is 18. The second-order valence-corrected chi connectivity index (χ2v) is 22.9. The summed E-state index contributed by atoms with van der Waals surface area (Å²) in [5.74, 6) is -0.297. The first-order chi connectivity index (χ1) is 39.3. The van der Waals surface area contributed by atoms with E-state index < -0.39 is 124 Å². The van der Waals surface area contributed by atoms with Gasteiger partial charge in [-0.25, -0.2) is 0 Å². The summed E-state index contributed by atoms with van der Waals surface area (Å²) in [6.45, 7) is 1.66. The van der Waals surface area contributed by atoms with E-state index in [1.165, 1.54) is 128 Å². The van der Waals surface area contributed by atoms with Crippen LogP contribution in [-0.2, 0) is 33.2 Å². The van der Waals surface area contributed by atoms with Gasteiger partial charge in [0.05, 0.1) is 38.6 Å². The van der Waals surface area contributed by atoms with E-state index in [9.17, 15) is 61.0 Å². The van der Waals surface area contributed by atoms with Crippen LogP contribution in [0.2, 0.25) is 0 Å². The van der Waals surface area contributed by atoms with E-state index in [4.69, 9.17) is 28.4 Å². The maximum Gasteiger partial charge on any atom is 0.220 e. The van der Waals surface area contributed by atoms with Crippen molar-refractivity contribution in [1.82, 2.24) is 5.32 Å². The van der Waals surface area contributed by atoms with Crippen molar-refractivity contribution in [3.8, 4) is 0 Å². The molecule has 3 heterocycles. The fourth-order valence-corrected chi connectivity index (χ4v) is 10.7. The van der Waals surface area contributed by atoms with Crippen LogP contribution in [0.5, 0.6) is 0 Å². The molecule has 0 spiro atoms. The van der Waals surface area contributed by atoms with Crippen molar-refractivity contribution in [1.29, 1.82) is 0 Å². The molecule has 3 saturated heterocycles. The maximum atomic E-state index is 13.3. The van der Waals surface area contributed by atoms with Gasteiger partial charge in [-0.3, -0.25) is 4.79 Å². The van der Waals surface area contributed by atoms with Crippen molar-refractivity contribution in [2.24, 2.45) is 0 Å². The molecular formula is C62H113NO18. The molecule has 19 nitrogen and oxygen atoms in total. The third-order valence-electron chi connectivity index (χ3n) is 15.9. The first-order valence-corrected chi connectivity index (χ1v) is 31.7. The zero-order valence-electron chi connectivity index (χ0n) is 49.5. The number of nitrogens with one attached hydrogen (secondary N) is 1. The molecule has 0 bridgehead atoms. The Balaban J connectivity index is 1.46. The number of aliphatic hydroxyl groups excluding tert-OH is 11. The lowest BCUT2D eigenvalue weighted by molar-refractivity contribution is -0.379. The molecule has 81 heavy (non-hydrogen) atoms. The molecule has 3 rings (SSSR count). The summed E-state index contributed by atoms with van der Waals surface area (Å²) < 4.78 is 34.2. The molecule has 3 aliphatic rings. The SMILES string of the molecule is CCCC/C=C\CCCCCCCC(=O)NC(COC1OC(CO)C(OC2OC(CO)C(OC3OC(CO)C(O)C(O)C3O)C(O)C2O)C(O)C1O)C(O)/C=C/CC/C=C/CCCCCCCCCCCCCCCCCCCCC. The van der Waals surface area contributed by atoms with E-state index >= 15 is 0 Å². The molecule has 1 amide bonds. The van der Waals surface area contributed by atoms with E-state index in [1.807, 2.05) is 6.08 Å². The Morgan fingerprint density at radius 3 is 1.27 bits per heavy atom. The van der Waals surface area contributed by atoms with Crippen molar-refractivity contribution in [2.45, 2.75) is 324 Å². The monoisotopic (exact) mass is 1160 g/mol. The van der Waals surface area contributed by atoms with Gasteiger partial charge in [0.1, 0.15) is 73.2 Å².